The average Bonchev–Trinajstić information content (AvgIpc) is 2.98. The van der Waals surface area contributed by atoms with Gasteiger partial charge in [0.1, 0.15) is 5.75 Å². The Balaban J connectivity index is 1.72. The van der Waals surface area contributed by atoms with Crippen LogP contribution < -0.4 is 15.8 Å². The minimum Gasteiger partial charge on any atom is -0.483 e. The highest BCUT2D eigenvalue weighted by Gasteiger charge is 2.05. The van der Waals surface area contributed by atoms with Crippen molar-refractivity contribution in [3.05, 3.63) is 42.2 Å². The van der Waals surface area contributed by atoms with Crippen LogP contribution >= 0.6 is 0 Å². The summed E-state index contributed by atoms with van der Waals surface area (Å²) >= 11 is 0. The molecule has 7 nitrogen and oxygen atoms in total. The highest BCUT2D eigenvalue weighted by molar-refractivity contribution is 5.77. The third-order valence-corrected chi connectivity index (χ3v) is 2.69. The first-order valence-corrected chi connectivity index (χ1v) is 6.31. The monoisotopic (exact) mass is 275 g/mol. The van der Waals surface area contributed by atoms with Crippen LogP contribution in [0.15, 0.2) is 36.7 Å². The molecule has 0 atom stereocenters. The Morgan fingerprint density at radius 3 is 3.00 bits per heavy atom. The summed E-state index contributed by atoms with van der Waals surface area (Å²) in [5.74, 6) is 0.457. The zero-order valence-electron chi connectivity index (χ0n) is 11.0. The van der Waals surface area contributed by atoms with E-state index >= 15 is 0 Å². The molecule has 0 saturated carbocycles. The Morgan fingerprint density at radius 2 is 2.25 bits per heavy atom. The fraction of sp³-hybridized carbons (Fsp3) is 0.308. The molecule has 2 rings (SSSR count). The second-order valence-corrected chi connectivity index (χ2v) is 4.12. The van der Waals surface area contributed by atoms with Crippen molar-refractivity contribution >= 4 is 5.91 Å². The SMILES string of the molecule is NCc1ccccc1OCC(=O)NCCn1ccnn1. The van der Waals surface area contributed by atoms with Crippen LogP contribution in [0, 0.1) is 0 Å². The van der Waals surface area contributed by atoms with Gasteiger partial charge in [-0.25, -0.2) is 0 Å². The molecule has 1 aromatic carbocycles. The van der Waals surface area contributed by atoms with E-state index in [1.54, 1.807) is 23.1 Å². The van der Waals surface area contributed by atoms with Crippen LogP contribution in [0.1, 0.15) is 5.56 Å². The lowest BCUT2D eigenvalue weighted by Gasteiger charge is -2.10. The molecule has 1 aromatic heterocycles. The quantitative estimate of drug-likeness (QED) is 0.737. The Bertz CT molecular complexity index is 541. The Kier molecular flexibility index (Phi) is 5.08. The van der Waals surface area contributed by atoms with Gasteiger partial charge in [-0.3, -0.25) is 9.48 Å². The van der Waals surface area contributed by atoms with E-state index in [1.165, 1.54) is 0 Å². The summed E-state index contributed by atoms with van der Waals surface area (Å²) in [7, 11) is 0. The lowest BCUT2D eigenvalue weighted by molar-refractivity contribution is -0.123. The lowest BCUT2D eigenvalue weighted by atomic mass is 10.2. The summed E-state index contributed by atoms with van der Waals surface area (Å²) in [6.45, 7) is 1.40. The van der Waals surface area contributed by atoms with Gasteiger partial charge in [-0.2, -0.15) is 0 Å². The molecule has 106 valence electrons. The molecule has 0 radical (unpaired) electrons. The van der Waals surface area contributed by atoms with E-state index in [-0.39, 0.29) is 12.5 Å². The van der Waals surface area contributed by atoms with Crippen molar-refractivity contribution in [3.63, 3.8) is 0 Å². The number of hydrogen-bond donors (Lipinski definition) is 2. The van der Waals surface area contributed by atoms with Crippen LogP contribution in [0.3, 0.4) is 0 Å². The van der Waals surface area contributed by atoms with Crippen molar-refractivity contribution in [3.8, 4) is 5.75 Å². The van der Waals surface area contributed by atoms with E-state index < -0.39 is 0 Å². The van der Waals surface area contributed by atoms with Crippen molar-refractivity contribution in [1.82, 2.24) is 20.3 Å². The van der Waals surface area contributed by atoms with Gasteiger partial charge in [0.15, 0.2) is 6.61 Å². The predicted octanol–water partition coefficient (Wildman–Crippen LogP) is -0.0680. The van der Waals surface area contributed by atoms with Crippen LogP contribution in [0.4, 0.5) is 0 Å². The van der Waals surface area contributed by atoms with Crippen molar-refractivity contribution in [1.29, 1.82) is 0 Å². The van der Waals surface area contributed by atoms with Gasteiger partial charge < -0.3 is 15.8 Å². The van der Waals surface area contributed by atoms with Crippen LogP contribution in [0.2, 0.25) is 0 Å². The van der Waals surface area contributed by atoms with E-state index in [0.717, 1.165) is 5.56 Å². The predicted molar refractivity (Wildman–Crippen MR) is 72.9 cm³/mol. The molecular weight excluding hydrogens is 258 g/mol. The first-order chi connectivity index (χ1) is 9.79. The van der Waals surface area contributed by atoms with E-state index in [4.69, 9.17) is 10.5 Å². The summed E-state index contributed by atoms with van der Waals surface area (Å²) in [6, 6.07) is 7.40. The smallest absolute Gasteiger partial charge is 0.258 e. The van der Waals surface area contributed by atoms with Gasteiger partial charge in [0.25, 0.3) is 5.91 Å². The van der Waals surface area contributed by atoms with E-state index in [2.05, 4.69) is 15.6 Å². The van der Waals surface area contributed by atoms with Gasteiger partial charge in [-0.15, -0.1) is 5.10 Å². The number of carbonyl (C=O) groups excluding carboxylic acids is 1. The summed E-state index contributed by atoms with van der Waals surface area (Å²) in [5.41, 5.74) is 6.47. The summed E-state index contributed by atoms with van der Waals surface area (Å²) in [4.78, 5) is 11.6. The first-order valence-electron chi connectivity index (χ1n) is 6.31. The number of benzene rings is 1. The van der Waals surface area contributed by atoms with Crippen LogP contribution in [-0.2, 0) is 17.9 Å². The molecule has 0 aliphatic rings. The van der Waals surface area contributed by atoms with Gasteiger partial charge >= 0.3 is 0 Å². The highest BCUT2D eigenvalue weighted by atomic mass is 16.5. The van der Waals surface area contributed by atoms with Crippen LogP contribution in [0.25, 0.3) is 0 Å². The number of para-hydroxylation sites is 1. The van der Waals surface area contributed by atoms with Crippen molar-refractivity contribution in [2.75, 3.05) is 13.2 Å². The molecule has 0 aliphatic carbocycles. The van der Waals surface area contributed by atoms with Crippen molar-refractivity contribution < 1.29 is 9.53 Å². The number of ether oxygens (including phenoxy) is 1. The molecule has 20 heavy (non-hydrogen) atoms. The molecular formula is C13H17N5O2. The Labute approximate surface area is 116 Å². The number of nitrogens with two attached hydrogens (primary N) is 1. The second-order valence-electron chi connectivity index (χ2n) is 4.12. The normalized spacial score (nSPS) is 10.2. The Morgan fingerprint density at radius 1 is 1.40 bits per heavy atom. The topological polar surface area (TPSA) is 95.1 Å². The van der Waals surface area contributed by atoms with Crippen LogP contribution in [0.5, 0.6) is 5.75 Å². The number of rotatable bonds is 7. The van der Waals surface area contributed by atoms with Gasteiger partial charge in [0.05, 0.1) is 12.7 Å². The summed E-state index contributed by atoms with van der Waals surface area (Å²) in [5, 5.41) is 10.2. The molecule has 3 N–H and O–H groups in total. The maximum Gasteiger partial charge on any atom is 0.258 e. The van der Waals surface area contributed by atoms with E-state index in [9.17, 15) is 4.79 Å². The van der Waals surface area contributed by atoms with E-state index in [0.29, 0.717) is 25.4 Å². The third-order valence-electron chi connectivity index (χ3n) is 2.69. The van der Waals surface area contributed by atoms with Gasteiger partial charge in [-0.1, -0.05) is 23.4 Å². The number of carbonyl (C=O) groups is 1. The second kappa shape index (κ2) is 7.25. The Hall–Kier alpha value is -2.41. The van der Waals surface area contributed by atoms with Crippen LogP contribution in [-0.4, -0.2) is 34.1 Å². The zero-order chi connectivity index (χ0) is 14.2. The largest absolute Gasteiger partial charge is 0.483 e. The molecule has 0 bridgehead atoms. The fourth-order valence-corrected chi connectivity index (χ4v) is 1.67. The van der Waals surface area contributed by atoms with Gasteiger partial charge in [-0.05, 0) is 6.07 Å². The number of nitrogens with one attached hydrogen (secondary N) is 1. The molecule has 0 unspecified atom stereocenters. The molecule has 0 saturated heterocycles. The maximum atomic E-state index is 11.6. The fourth-order valence-electron chi connectivity index (χ4n) is 1.67. The summed E-state index contributed by atoms with van der Waals surface area (Å²) in [6.07, 6.45) is 3.33. The summed E-state index contributed by atoms with van der Waals surface area (Å²) < 4.78 is 7.09. The van der Waals surface area contributed by atoms with Crippen molar-refractivity contribution in [2.24, 2.45) is 5.73 Å². The number of aromatic nitrogens is 3. The molecule has 0 aliphatic heterocycles. The zero-order valence-corrected chi connectivity index (χ0v) is 11.0. The minimum absolute atomic E-state index is 0.0334. The number of nitrogens with zero attached hydrogens (tertiary/aromatic N) is 3. The van der Waals surface area contributed by atoms with Gasteiger partial charge in [0.2, 0.25) is 0 Å². The van der Waals surface area contributed by atoms with E-state index in [1.807, 2.05) is 18.2 Å². The standard InChI is InChI=1S/C13H17N5O2/c14-9-11-3-1-2-4-12(11)20-10-13(19)15-5-7-18-8-6-16-17-18/h1-4,6,8H,5,7,9-10,14H2,(H,15,19). The average molecular weight is 275 g/mol. The maximum absolute atomic E-state index is 11.6. The van der Waals surface area contributed by atoms with Crippen molar-refractivity contribution in [2.45, 2.75) is 13.1 Å². The molecule has 0 spiro atoms. The molecule has 0 fully saturated rings. The highest BCUT2D eigenvalue weighted by Crippen LogP contribution is 2.16. The minimum atomic E-state index is -0.183. The molecule has 1 heterocycles. The first kappa shape index (κ1) is 14.0. The number of hydrogen-bond acceptors (Lipinski definition) is 5. The molecule has 1 amide bonds. The molecule has 7 heteroatoms. The molecule has 2 aromatic rings. The number of amides is 1. The third kappa shape index (κ3) is 4.06. The lowest BCUT2D eigenvalue weighted by Crippen LogP contribution is -2.31. The van der Waals surface area contributed by atoms with Gasteiger partial charge in [0, 0.05) is 24.8 Å².